The Balaban J connectivity index is 1.49. The number of hydrogen-bond donors (Lipinski definition) is 1. The second-order valence-electron chi connectivity index (χ2n) is 8.06. The molecule has 1 aliphatic heterocycles. The zero-order chi connectivity index (χ0) is 20.1. The van der Waals surface area contributed by atoms with Gasteiger partial charge < -0.3 is 5.32 Å². The molecule has 0 radical (unpaired) electrons. The van der Waals surface area contributed by atoms with Crippen LogP contribution < -0.4 is 5.32 Å². The van der Waals surface area contributed by atoms with Crippen LogP contribution in [0.3, 0.4) is 0 Å². The van der Waals surface area contributed by atoms with Crippen LogP contribution in [0.1, 0.15) is 51.2 Å². The van der Waals surface area contributed by atoms with Gasteiger partial charge in [-0.2, -0.15) is 5.10 Å². The van der Waals surface area contributed by atoms with Gasteiger partial charge in [-0.05, 0) is 28.7 Å². The van der Waals surface area contributed by atoms with Gasteiger partial charge in [0.1, 0.15) is 0 Å². The summed E-state index contributed by atoms with van der Waals surface area (Å²) < 4.78 is 0. The van der Waals surface area contributed by atoms with E-state index in [9.17, 15) is 9.59 Å². The van der Waals surface area contributed by atoms with Crippen LogP contribution in [0.25, 0.3) is 0 Å². The summed E-state index contributed by atoms with van der Waals surface area (Å²) in [7, 11) is 0. The van der Waals surface area contributed by atoms with E-state index in [1.807, 2.05) is 54.6 Å². The van der Waals surface area contributed by atoms with Gasteiger partial charge in [0.05, 0.1) is 12.3 Å². The third kappa shape index (κ3) is 5.06. The van der Waals surface area contributed by atoms with Crippen molar-refractivity contribution in [2.75, 3.05) is 11.9 Å². The average molecular weight is 377 g/mol. The molecular weight excluding hydrogens is 350 g/mol. The number of nitrogens with one attached hydrogen (secondary N) is 1. The van der Waals surface area contributed by atoms with Crippen molar-refractivity contribution < 1.29 is 9.59 Å². The van der Waals surface area contributed by atoms with E-state index in [1.54, 1.807) is 0 Å². The summed E-state index contributed by atoms with van der Waals surface area (Å²) in [5.41, 5.74) is 3.98. The minimum absolute atomic E-state index is 0.0732. The predicted molar refractivity (Wildman–Crippen MR) is 112 cm³/mol. The molecule has 1 aliphatic rings. The van der Waals surface area contributed by atoms with E-state index in [4.69, 9.17) is 0 Å². The average Bonchev–Trinajstić information content (AvgIpc) is 3.17. The predicted octanol–water partition coefficient (Wildman–Crippen LogP) is 4.34. The molecule has 0 atom stereocenters. The molecule has 0 unspecified atom stereocenters. The first kappa shape index (κ1) is 19.8. The van der Waals surface area contributed by atoms with Crippen LogP contribution in [-0.4, -0.2) is 29.1 Å². The standard InChI is InChI=1S/C23H27N3O2/c1-23(2,3)18-9-11-19(12-10-18)24-21(27)13-14-22(28)26-16-15-20(25-26)17-7-5-4-6-8-17/h4-12H,13-16H2,1-3H3,(H,24,27). The first-order chi connectivity index (χ1) is 13.3. The summed E-state index contributed by atoms with van der Waals surface area (Å²) in [6.07, 6.45) is 1.03. The first-order valence-corrected chi connectivity index (χ1v) is 9.66. The molecule has 5 nitrogen and oxygen atoms in total. The smallest absolute Gasteiger partial charge is 0.243 e. The monoisotopic (exact) mass is 377 g/mol. The number of carbonyl (C=O) groups is 2. The highest BCUT2D eigenvalue weighted by molar-refractivity contribution is 6.02. The van der Waals surface area contributed by atoms with E-state index in [-0.39, 0.29) is 30.1 Å². The van der Waals surface area contributed by atoms with Crippen LogP contribution >= 0.6 is 0 Å². The number of amides is 2. The van der Waals surface area contributed by atoms with E-state index in [1.165, 1.54) is 10.6 Å². The SMILES string of the molecule is CC(C)(C)c1ccc(NC(=O)CCC(=O)N2CCC(c3ccccc3)=N2)cc1. The van der Waals surface area contributed by atoms with E-state index in [0.717, 1.165) is 23.4 Å². The van der Waals surface area contributed by atoms with E-state index in [2.05, 4.69) is 31.2 Å². The zero-order valence-corrected chi connectivity index (χ0v) is 16.7. The maximum Gasteiger partial charge on any atom is 0.243 e. The third-order valence-electron chi connectivity index (χ3n) is 4.80. The van der Waals surface area contributed by atoms with Gasteiger partial charge in [-0.25, -0.2) is 5.01 Å². The Labute approximate surface area is 166 Å². The minimum atomic E-state index is -0.164. The zero-order valence-electron chi connectivity index (χ0n) is 16.7. The van der Waals surface area contributed by atoms with Gasteiger partial charge in [0.15, 0.2) is 0 Å². The van der Waals surface area contributed by atoms with Crippen molar-refractivity contribution in [3.05, 3.63) is 65.7 Å². The molecule has 146 valence electrons. The highest BCUT2D eigenvalue weighted by Crippen LogP contribution is 2.23. The summed E-state index contributed by atoms with van der Waals surface area (Å²) in [4.78, 5) is 24.6. The van der Waals surface area contributed by atoms with Crippen LogP contribution in [0.2, 0.25) is 0 Å². The first-order valence-electron chi connectivity index (χ1n) is 9.66. The molecule has 2 aromatic rings. The van der Waals surface area contributed by atoms with Crippen molar-refractivity contribution in [2.45, 2.75) is 45.4 Å². The Bertz CT molecular complexity index is 865. The maximum absolute atomic E-state index is 12.4. The normalized spacial score (nSPS) is 14.0. The number of benzene rings is 2. The Morgan fingerprint density at radius 1 is 1.00 bits per heavy atom. The maximum atomic E-state index is 12.4. The molecule has 0 saturated heterocycles. The van der Waals surface area contributed by atoms with Gasteiger partial charge in [-0.3, -0.25) is 9.59 Å². The minimum Gasteiger partial charge on any atom is -0.326 e. The van der Waals surface area contributed by atoms with Gasteiger partial charge in [0.25, 0.3) is 0 Å². The molecule has 28 heavy (non-hydrogen) atoms. The number of anilines is 1. The van der Waals surface area contributed by atoms with Crippen molar-refractivity contribution in [3.8, 4) is 0 Å². The van der Waals surface area contributed by atoms with Crippen molar-refractivity contribution >= 4 is 23.2 Å². The molecule has 5 heteroatoms. The van der Waals surface area contributed by atoms with Crippen molar-refractivity contribution in [2.24, 2.45) is 5.10 Å². The fourth-order valence-electron chi connectivity index (χ4n) is 3.10. The molecule has 0 aliphatic carbocycles. The van der Waals surface area contributed by atoms with Crippen molar-refractivity contribution in [1.29, 1.82) is 0 Å². The Hall–Kier alpha value is -2.95. The lowest BCUT2D eigenvalue weighted by atomic mass is 9.87. The number of rotatable bonds is 5. The van der Waals surface area contributed by atoms with Crippen LogP contribution in [0.15, 0.2) is 59.7 Å². The molecule has 0 aromatic heterocycles. The number of carbonyl (C=O) groups excluding carboxylic acids is 2. The highest BCUT2D eigenvalue weighted by atomic mass is 16.2. The summed E-state index contributed by atoms with van der Waals surface area (Å²) in [6.45, 7) is 7.02. The molecule has 1 heterocycles. The van der Waals surface area contributed by atoms with Crippen LogP contribution in [0.5, 0.6) is 0 Å². The van der Waals surface area contributed by atoms with Gasteiger partial charge in [-0.15, -0.1) is 0 Å². The molecule has 2 amide bonds. The fourth-order valence-corrected chi connectivity index (χ4v) is 3.10. The van der Waals surface area contributed by atoms with Gasteiger partial charge in [-0.1, -0.05) is 63.2 Å². The number of nitrogens with zero attached hydrogens (tertiary/aromatic N) is 2. The van der Waals surface area contributed by atoms with E-state index < -0.39 is 0 Å². The second-order valence-corrected chi connectivity index (χ2v) is 8.06. The molecule has 1 N–H and O–H groups in total. The Morgan fingerprint density at radius 2 is 1.68 bits per heavy atom. The van der Waals surface area contributed by atoms with Crippen LogP contribution in [0, 0.1) is 0 Å². The molecule has 0 bridgehead atoms. The van der Waals surface area contributed by atoms with E-state index >= 15 is 0 Å². The van der Waals surface area contributed by atoms with Gasteiger partial charge in [0.2, 0.25) is 11.8 Å². The molecule has 0 saturated carbocycles. The van der Waals surface area contributed by atoms with Crippen molar-refractivity contribution in [1.82, 2.24) is 5.01 Å². The lowest BCUT2D eigenvalue weighted by Crippen LogP contribution is -2.25. The van der Waals surface area contributed by atoms with Gasteiger partial charge in [0, 0.05) is 24.9 Å². The summed E-state index contributed by atoms with van der Waals surface area (Å²) in [6, 6.07) is 17.7. The molecular formula is C23H27N3O2. The lowest BCUT2D eigenvalue weighted by Gasteiger charge is -2.19. The third-order valence-corrected chi connectivity index (χ3v) is 4.80. The molecule has 0 spiro atoms. The molecule has 3 rings (SSSR count). The van der Waals surface area contributed by atoms with Crippen LogP contribution in [0.4, 0.5) is 5.69 Å². The molecule has 2 aromatic carbocycles. The fraction of sp³-hybridized carbons (Fsp3) is 0.348. The number of hydrogen-bond acceptors (Lipinski definition) is 3. The summed E-state index contributed by atoms with van der Waals surface area (Å²) >= 11 is 0. The lowest BCUT2D eigenvalue weighted by molar-refractivity contribution is -0.132. The summed E-state index contributed by atoms with van der Waals surface area (Å²) in [5.74, 6) is -0.285. The van der Waals surface area contributed by atoms with Gasteiger partial charge >= 0.3 is 0 Å². The quantitative estimate of drug-likeness (QED) is 0.842. The van der Waals surface area contributed by atoms with Crippen molar-refractivity contribution in [3.63, 3.8) is 0 Å². The number of hydrazone groups is 1. The highest BCUT2D eigenvalue weighted by Gasteiger charge is 2.22. The molecule has 0 fully saturated rings. The van der Waals surface area contributed by atoms with E-state index in [0.29, 0.717) is 6.54 Å². The topological polar surface area (TPSA) is 61.8 Å². The second kappa shape index (κ2) is 8.38. The Kier molecular flexibility index (Phi) is 5.93. The largest absolute Gasteiger partial charge is 0.326 e. The van der Waals surface area contributed by atoms with Crippen LogP contribution in [-0.2, 0) is 15.0 Å². The Morgan fingerprint density at radius 3 is 2.32 bits per heavy atom. The summed E-state index contributed by atoms with van der Waals surface area (Å²) in [5, 5.41) is 8.76.